The molecular weight excluding hydrogens is 495 g/mol. The number of piperidine rings is 1. The molecule has 0 radical (unpaired) electrons. The van der Waals surface area contributed by atoms with E-state index < -0.39 is 10.0 Å². The maximum Gasteiger partial charge on any atom is 0.250 e. The Labute approximate surface area is 176 Å². The fourth-order valence-corrected chi connectivity index (χ4v) is 5.60. The lowest BCUT2D eigenvalue weighted by Gasteiger charge is -2.37. The molecule has 1 fully saturated rings. The van der Waals surface area contributed by atoms with E-state index in [4.69, 9.17) is 11.6 Å². The Morgan fingerprint density at radius 2 is 1.96 bits per heavy atom. The Morgan fingerprint density at radius 3 is 2.48 bits per heavy atom. The Bertz CT molecular complexity index is 671. The number of likely N-dealkylation sites (tertiary alicyclic amines) is 1. The largest absolute Gasteiger partial charge is 0.355 e. The number of nitrogens with zero attached hydrogens (tertiary/aromatic N) is 2. The highest BCUT2D eigenvalue weighted by molar-refractivity contribution is 14.0. The number of thiophene rings is 1. The lowest BCUT2D eigenvalue weighted by atomic mass is 9.92. The van der Waals surface area contributed by atoms with Crippen LogP contribution in [0, 0.1) is 11.8 Å². The molecule has 2 rings (SSSR count). The first-order chi connectivity index (χ1) is 11.3. The summed E-state index contributed by atoms with van der Waals surface area (Å²) in [6.07, 6.45) is 1.23. The second-order valence-electron chi connectivity index (χ2n) is 6.28. The van der Waals surface area contributed by atoms with Gasteiger partial charge in [0, 0.05) is 33.2 Å². The predicted octanol–water partition coefficient (Wildman–Crippen LogP) is 2.85. The van der Waals surface area contributed by atoms with Gasteiger partial charge < -0.3 is 10.2 Å². The van der Waals surface area contributed by atoms with E-state index in [-0.39, 0.29) is 34.7 Å². The molecular formula is C15H26ClIN4O2S2. The number of sulfonamides is 1. The van der Waals surface area contributed by atoms with Gasteiger partial charge in [-0.15, -0.1) is 35.3 Å². The Morgan fingerprint density at radius 1 is 1.32 bits per heavy atom. The van der Waals surface area contributed by atoms with Crippen LogP contribution in [0.1, 0.15) is 20.3 Å². The summed E-state index contributed by atoms with van der Waals surface area (Å²) in [5.41, 5.74) is 0. The molecule has 1 aliphatic heterocycles. The summed E-state index contributed by atoms with van der Waals surface area (Å²) in [6.45, 7) is 7.21. The Kier molecular flexibility index (Phi) is 9.44. The minimum Gasteiger partial charge on any atom is -0.355 e. The zero-order valence-corrected chi connectivity index (χ0v) is 19.4. The van der Waals surface area contributed by atoms with Crippen molar-refractivity contribution in [3.8, 4) is 0 Å². The zero-order chi connectivity index (χ0) is 17.7. The summed E-state index contributed by atoms with van der Waals surface area (Å²) in [5.74, 6) is 2.09. The maximum atomic E-state index is 12.1. The Balaban J connectivity index is 0.00000312. The quantitative estimate of drug-likeness (QED) is 0.271. The molecule has 0 aromatic carbocycles. The van der Waals surface area contributed by atoms with Crippen molar-refractivity contribution < 1.29 is 8.42 Å². The molecule has 0 bridgehead atoms. The van der Waals surface area contributed by atoms with Crippen molar-refractivity contribution in [2.24, 2.45) is 16.8 Å². The first-order valence-electron chi connectivity index (χ1n) is 8.02. The topological polar surface area (TPSA) is 73.8 Å². The van der Waals surface area contributed by atoms with Crippen LogP contribution in [0.25, 0.3) is 0 Å². The number of rotatable bonds is 5. The van der Waals surface area contributed by atoms with Crippen LogP contribution in [0.3, 0.4) is 0 Å². The van der Waals surface area contributed by atoms with Gasteiger partial charge in [0.15, 0.2) is 5.96 Å². The van der Waals surface area contributed by atoms with Crippen molar-refractivity contribution in [2.45, 2.75) is 24.5 Å². The van der Waals surface area contributed by atoms with Crippen LogP contribution in [0.5, 0.6) is 0 Å². The molecule has 1 aliphatic rings. The van der Waals surface area contributed by atoms with Crippen molar-refractivity contribution in [3.05, 3.63) is 16.5 Å². The van der Waals surface area contributed by atoms with Crippen molar-refractivity contribution in [2.75, 3.05) is 33.2 Å². The number of halogens is 2. The number of hydrogen-bond donors (Lipinski definition) is 2. The summed E-state index contributed by atoms with van der Waals surface area (Å²) < 4.78 is 27.5. The highest BCUT2D eigenvalue weighted by atomic mass is 127. The molecule has 10 heteroatoms. The van der Waals surface area contributed by atoms with Gasteiger partial charge in [-0.3, -0.25) is 4.99 Å². The maximum absolute atomic E-state index is 12.1. The number of aliphatic imine (C=N–C) groups is 1. The van der Waals surface area contributed by atoms with Gasteiger partial charge in [0.2, 0.25) is 10.0 Å². The third-order valence-electron chi connectivity index (χ3n) is 3.89. The fraction of sp³-hybridized carbons (Fsp3) is 0.667. The molecule has 1 aromatic rings. The molecule has 0 spiro atoms. The predicted molar refractivity (Wildman–Crippen MR) is 116 cm³/mol. The van der Waals surface area contributed by atoms with E-state index >= 15 is 0 Å². The van der Waals surface area contributed by atoms with Gasteiger partial charge >= 0.3 is 0 Å². The van der Waals surface area contributed by atoms with E-state index in [2.05, 4.69) is 33.8 Å². The van der Waals surface area contributed by atoms with E-state index in [9.17, 15) is 8.42 Å². The van der Waals surface area contributed by atoms with Gasteiger partial charge in [0.1, 0.15) is 4.21 Å². The molecule has 0 saturated carbocycles. The van der Waals surface area contributed by atoms with E-state index in [0.717, 1.165) is 30.4 Å². The van der Waals surface area contributed by atoms with E-state index in [1.54, 1.807) is 13.1 Å². The van der Waals surface area contributed by atoms with Gasteiger partial charge in [-0.1, -0.05) is 25.4 Å². The van der Waals surface area contributed by atoms with Crippen LogP contribution in [-0.2, 0) is 10.0 Å². The third kappa shape index (κ3) is 6.85. The van der Waals surface area contributed by atoms with Gasteiger partial charge in [0.05, 0.1) is 4.34 Å². The highest BCUT2D eigenvalue weighted by Crippen LogP contribution is 2.25. The molecule has 2 atom stereocenters. The zero-order valence-electron chi connectivity index (χ0n) is 14.7. The molecule has 2 unspecified atom stereocenters. The van der Waals surface area contributed by atoms with Crippen LogP contribution < -0.4 is 10.0 Å². The third-order valence-corrected chi connectivity index (χ3v) is 7.08. The Hall–Kier alpha value is -0.100. The normalized spacial score (nSPS) is 21.8. The summed E-state index contributed by atoms with van der Waals surface area (Å²) in [6, 6.07) is 3.10. The second-order valence-corrected chi connectivity index (χ2v) is 9.99. The average Bonchev–Trinajstić information content (AvgIpc) is 2.93. The molecule has 25 heavy (non-hydrogen) atoms. The first-order valence-corrected chi connectivity index (χ1v) is 10.7. The van der Waals surface area contributed by atoms with Crippen molar-refractivity contribution in [1.29, 1.82) is 0 Å². The monoisotopic (exact) mass is 520 g/mol. The lowest BCUT2D eigenvalue weighted by Crippen LogP contribution is -2.49. The van der Waals surface area contributed by atoms with Crippen LogP contribution in [0.4, 0.5) is 0 Å². The van der Waals surface area contributed by atoms with Crippen LogP contribution >= 0.6 is 46.9 Å². The van der Waals surface area contributed by atoms with Crippen molar-refractivity contribution in [3.63, 3.8) is 0 Å². The summed E-state index contributed by atoms with van der Waals surface area (Å²) >= 11 is 6.84. The van der Waals surface area contributed by atoms with Crippen molar-refractivity contribution >= 4 is 62.9 Å². The van der Waals surface area contributed by atoms with Crippen molar-refractivity contribution in [1.82, 2.24) is 14.9 Å². The van der Waals surface area contributed by atoms with Gasteiger partial charge in [-0.2, -0.15) is 0 Å². The van der Waals surface area contributed by atoms with Crippen LogP contribution in [-0.4, -0.2) is 52.5 Å². The van der Waals surface area contributed by atoms with E-state index in [1.807, 2.05) is 0 Å². The minimum absolute atomic E-state index is 0. The van der Waals surface area contributed by atoms with E-state index in [1.165, 1.54) is 12.5 Å². The average molecular weight is 521 g/mol. The molecule has 2 heterocycles. The van der Waals surface area contributed by atoms with Gasteiger partial charge in [0.25, 0.3) is 0 Å². The second kappa shape index (κ2) is 10.3. The number of hydrogen-bond acceptors (Lipinski definition) is 4. The van der Waals surface area contributed by atoms with Gasteiger partial charge in [-0.25, -0.2) is 13.1 Å². The molecule has 1 saturated heterocycles. The number of guanidine groups is 1. The highest BCUT2D eigenvalue weighted by Gasteiger charge is 2.24. The first kappa shape index (κ1) is 22.9. The molecule has 0 amide bonds. The molecule has 1 aromatic heterocycles. The molecule has 144 valence electrons. The van der Waals surface area contributed by atoms with Gasteiger partial charge in [-0.05, 0) is 30.4 Å². The smallest absolute Gasteiger partial charge is 0.250 e. The molecule has 6 nitrogen and oxygen atoms in total. The lowest BCUT2D eigenvalue weighted by molar-refractivity contribution is 0.208. The standard InChI is InChI=1S/C15H25ClN4O2S2.HI/c1-11-8-12(2)10-20(9-11)15(17-3)18-6-7-19-24(21,22)14-5-4-13(16)23-14;/h4-5,11-12,19H,6-10H2,1-3H3,(H,17,18);1H. The van der Waals surface area contributed by atoms with Crippen LogP contribution in [0.2, 0.25) is 4.34 Å². The minimum atomic E-state index is -3.50. The number of nitrogens with one attached hydrogen (secondary N) is 2. The van der Waals surface area contributed by atoms with Crippen LogP contribution in [0.15, 0.2) is 21.3 Å². The summed E-state index contributed by atoms with van der Waals surface area (Å²) in [4.78, 5) is 6.56. The molecule has 0 aliphatic carbocycles. The molecule has 2 N–H and O–H groups in total. The van der Waals surface area contributed by atoms with E-state index in [0.29, 0.717) is 22.7 Å². The summed E-state index contributed by atoms with van der Waals surface area (Å²) in [7, 11) is -1.74. The SMILES string of the molecule is CN=C(NCCNS(=O)(=O)c1ccc(Cl)s1)N1CC(C)CC(C)C1.I. The summed E-state index contributed by atoms with van der Waals surface area (Å²) in [5, 5.41) is 3.24. The fourth-order valence-electron chi connectivity index (χ4n) is 3.04.